The largest absolute Gasteiger partial charge is 0.357 e. The number of urea groups is 1. The number of nitrogens with one attached hydrogen (secondary N) is 4. The van der Waals surface area contributed by atoms with Gasteiger partial charge in [-0.3, -0.25) is 0 Å². The van der Waals surface area contributed by atoms with E-state index < -0.39 is 0 Å². The number of hydrogen-bond acceptors (Lipinski definition) is 2. The third kappa shape index (κ3) is 7.31. The summed E-state index contributed by atoms with van der Waals surface area (Å²) in [6.45, 7) is 9.36. The van der Waals surface area contributed by atoms with Crippen molar-refractivity contribution in [1.29, 1.82) is 0 Å². The Morgan fingerprint density at radius 1 is 0.964 bits per heavy atom. The first kappa shape index (κ1) is 21.3. The monoisotopic (exact) mass is 381 g/mol. The van der Waals surface area contributed by atoms with Crippen LogP contribution in [0.15, 0.2) is 59.6 Å². The van der Waals surface area contributed by atoms with E-state index in [0.717, 1.165) is 23.8 Å². The number of benzene rings is 2. The molecular weight excluding hydrogens is 350 g/mol. The van der Waals surface area contributed by atoms with Gasteiger partial charge in [-0.1, -0.05) is 42.5 Å². The van der Waals surface area contributed by atoms with E-state index in [1.165, 1.54) is 5.56 Å². The molecule has 0 saturated carbocycles. The van der Waals surface area contributed by atoms with Crippen LogP contribution in [0.25, 0.3) is 0 Å². The van der Waals surface area contributed by atoms with Crippen molar-refractivity contribution in [2.45, 2.75) is 46.3 Å². The highest BCUT2D eigenvalue weighted by molar-refractivity contribution is 5.89. The molecule has 2 rings (SSSR count). The molecule has 150 valence electrons. The summed E-state index contributed by atoms with van der Waals surface area (Å²) in [7, 11) is 0. The minimum absolute atomic E-state index is 0.101. The number of guanidine groups is 1. The normalized spacial score (nSPS) is 12.4. The van der Waals surface area contributed by atoms with Crippen molar-refractivity contribution < 1.29 is 4.79 Å². The Balaban J connectivity index is 1.95. The Kier molecular flexibility index (Phi) is 8.34. The SMILES string of the molecule is CCNC(=NCc1ccc(NC(=O)NC(C)C)cc1)NC(C)c1ccccc1. The fourth-order valence-electron chi connectivity index (χ4n) is 2.64. The highest BCUT2D eigenvalue weighted by atomic mass is 16.2. The number of carbonyl (C=O) groups is 1. The van der Waals surface area contributed by atoms with E-state index in [1.54, 1.807) is 0 Å². The second-order valence-electron chi connectivity index (χ2n) is 6.92. The molecule has 28 heavy (non-hydrogen) atoms. The molecule has 0 saturated heterocycles. The molecule has 1 atom stereocenters. The topological polar surface area (TPSA) is 77.5 Å². The first-order valence-corrected chi connectivity index (χ1v) is 9.74. The van der Waals surface area contributed by atoms with Crippen molar-refractivity contribution >= 4 is 17.7 Å². The van der Waals surface area contributed by atoms with E-state index in [9.17, 15) is 4.79 Å². The summed E-state index contributed by atoms with van der Waals surface area (Å²) in [4.78, 5) is 16.4. The molecule has 2 amide bonds. The Labute approximate surface area is 167 Å². The molecule has 6 heteroatoms. The molecule has 1 unspecified atom stereocenters. The Hall–Kier alpha value is -3.02. The number of carbonyl (C=O) groups excluding carboxylic acids is 1. The third-order valence-corrected chi connectivity index (χ3v) is 4.05. The molecular formula is C22H31N5O. The third-order valence-electron chi connectivity index (χ3n) is 4.05. The summed E-state index contributed by atoms with van der Waals surface area (Å²) in [5.41, 5.74) is 3.04. The minimum atomic E-state index is -0.200. The van der Waals surface area contributed by atoms with Crippen LogP contribution in [0.1, 0.15) is 44.9 Å². The van der Waals surface area contributed by atoms with Crippen molar-refractivity contribution in [3.05, 3.63) is 65.7 Å². The lowest BCUT2D eigenvalue weighted by Crippen LogP contribution is -2.38. The maximum atomic E-state index is 11.8. The predicted molar refractivity (Wildman–Crippen MR) is 117 cm³/mol. The molecule has 0 spiro atoms. The van der Waals surface area contributed by atoms with E-state index in [-0.39, 0.29) is 18.1 Å². The molecule has 4 N–H and O–H groups in total. The maximum Gasteiger partial charge on any atom is 0.319 e. The van der Waals surface area contributed by atoms with Crippen LogP contribution < -0.4 is 21.3 Å². The van der Waals surface area contributed by atoms with E-state index in [1.807, 2.05) is 63.2 Å². The molecule has 0 aromatic heterocycles. The second kappa shape index (κ2) is 11.0. The van der Waals surface area contributed by atoms with Crippen LogP contribution in [0.3, 0.4) is 0 Å². The molecule has 2 aromatic carbocycles. The Bertz CT molecular complexity index is 756. The minimum Gasteiger partial charge on any atom is -0.357 e. The number of nitrogens with zero attached hydrogens (tertiary/aromatic N) is 1. The number of amides is 2. The molecule has 0 fully saturated rings. The smallest absolute Gasteiger partial charge is 0.319 e. The van der Waals surface area contributed by atoms with Crippen LogP contribution in [0, 0.1) is 0 Å². The van der Waals surface area contributed by atoms with E-state index in [2.05, 4.69) is 45.3 Å². The zero-order valence-electron chi connectivity index (χ0n) is 17.1. The van der Waals surface area contributed by atoms with Gasteiger partial charge >= 0.3 is 6.03 Å². The molecule has 0 aliphatic carbocycles. The van der Waals surface area contributed by atoms with Gasteiger partial charge in [0.15, 0.2) is 5.96 Å². The van der Waals surface area contributed by atoms with Gasteiger partial charge in [-0.2, -0.15) is 0 Å². The summed E-state index contributed by atoms with van der Waals surface area (Å²) >= 11 is 0. The van der Waals surface area contributed by atoms with Gasteiger partial charge in [0.1, 0.15) is 0 Å². The van der Waals surface area contributed by atoms with Crippen molar-refractivity contribution in [3.63, 3.8) is 0 Å². The number of anilines is 1. The fraction of sp³-hybridized carbons (Fsp3) is 0.364. The molecule has 0 aliphatic rings. The standard InChI is InChI=1S/C22H31N5O/c1-5-23-21(26-17(4)19-9-7-6-8-10-19)24-15-18-11-13-20(14-12-18)27-22(28)25-16(2)3/h6-14,16-17H,5,15H2,1-4H3,(H2,23,24,26)(H2,25,27,28). The predicted octanol–water partition coefficient (Wildman–Crippen LogP) is 4.03. The molecule has 0 radical (unpaired) electrons. The average Bonchev–Trinajstić information content (AvgIpc) is 2.67. The summed E-state index contributed by atoms with van der Waals surface area (Å²) in [6, 6.07) is 18.1. The van der Waals surface area contributed by atoms with Crippen LogP contribution in [0.2, 0.25) is 0 Å². The highest BCUT2D eigenvalue weighted by Crippen LogP contribution is 2.12. The van der Waals surface area contributed by atoms with Crippen LogP contribution in [-0.4, -0.2) is 24.6 Å². The zero-order chi connectivity index (χ0) is 20.4. The summed E-state index contributed by atoms with van der Waals surface area (Å²) in [6.07, 6.45) is 0. The number of rotatable bonds is 7. The highest BCUT2D eigenvalue weighted by Gasteiger charge is 2.07. The quantitative estimate of drug-likeness (QED) is 0.432. The molecule has 2 aromatic rings. The molecule has 0 aliphatic heterocycles. The van der Waals surface area contributed by atoms with Crippen molar-refractivity contribution in [2.24, 2.45) is 4.99 Å². The van der Waals surface area contributed by atoms with E-state index in [0.29, 0.717) is 6.54 Å². The van der Waals surface area contributed by atoms with Crippen LogP contribution in [0.5, 0.6) is 0 Å². The van der Waals surface area contributed by atoms with Crippen LogP contribution >= 0.6 is 0 Å². The number of hydrogen-bond donors (Lipinski definition) is 4. The van der Waals surface area contributed by atoms with Gasteiger partial charge in [0.05, 0.1) is 12.6 Å². The lowest BCUT2D eigenvalue weighted by molar-refractivity contribution is 0.250. The van der Waals surface area contributed by atoms with Crippen molar-refractivity contribution in [2.75, 3.05) is 11.9 Å². The van der Waals surface area contributed by atoms with Crippen molar-refractivity contribution in [1.82, 2.24) is 16.0 Å². The molecule has 0 heterocycles. The fourth-order valence-corrected chi connectivity index (χ4v) is 2.64. The lowest BCUT2D eigenvalue weighted by atomic mass is 10.1. The first-order valence-electron chi connectivity index (χ1n) is 9.74. The lowest BCUT2D eigenvalue weighted by Gasteiger charge is -2.18. The van der Waals surface area contributed by atoms with Gasteiger partial charge in [-0.05, 0) is 51.0 Å². The summed E-state index contributed by atoms with van der Waals surface area (Å²) in [5, 5.41) is 12.3. The van der Waals surface area contributed by atoms with Crippen LogP contribution in [0.4, 0.5) is 10.5 Å². The number of aliphatic imine (C=N–C) groups is 1. The van der Waals surface area contributed by atoms with Gasteiger partial charge in [0.2, 0.25) is 0 Å². The van der Waals surface area contributed by atoms with Gasteiger partial charge in [-0.15, -0.1) is 0 Å². The Morgan fingerprint density at radius 3 is 2.25 bits per heavy atom. The molecule has 0 bridgehead atoms. The van der Waals surface area contributed by atoms with Crippen molar-refractivity contribution in [3.8, 4) is 0 Å². The second-order valence-corrected chi connectivity index (χ2v) is 6.92. The Morgan fingerprint density at radius 2 is 1.64 bits per heavy atom. The van der Waals surface area contributed by atoms with Gasteiger partial charge in [0, 0.05) is 18.3 Å². The van der Waals surface area contributed by atoms with Gasteiger partial charge in [-0.25, -0.2) is 9.79 Å². The zero-order valence-corrected chi connectivity index (χ0v) is 17.1. The van der Waals surface area contributed by atoms with E-state index >= 15 is 0 Å². The van der Waals surface area contributed by atoms with Gasteiger partial charge < -0.3 is 21.3 Å². The average molecular weight is 382 g/mol. The van der Waals surface area contributed by atoms with Crippen LogP contribution in [-0.2, 0) is 6.54 Å². The maximum absolute atomic E-state index is 11.8. The summed E-state index contributed by atoms with van der Waals surface area (Å²) < 4.78 is 0. The summed E-state index contributed by atoms with van der Waals surface area (Å²) in [5.74, 6) is 0.775. The molecule has 6 nitrogen and oxygen atoms in total. The van der Waals surface area contributed by atoms with E-state index in [4.69, 9.17) is 0 Å². The first-order chi connectivity index (χ1) is 13.5. The van der Waals surface area contributed by atoms with Gasteiger partial charge in [0.25, 0.3) is 0 Å².